The molecule has 0 aliphatic rings. The second-order valence-corrected chi connectivity index (χ2v) is 3.37. The predicted molar refractivity (Wildman–Crippen MR) is 44.9 cm³/mol. The molecular weight excluding hydrogens is 275 g/mol. The van der Waals surface area contributed by atoms with E-state index in [1.54, 1.807) is 0 Å². The van der Waals surface area contributed by atoms with E-state index in [9.17, 15) is 24.5 Å². The maximum atomic E-state index is 10.2. The average Bonchev–Trinajstić information content (AvgIpc) is 2.02. The van der Waals surface area contributed by atoms with E-state index in [1.165, 1.54) is 0 Å². The summed E-state index contributed by atoms with van der Waals surface area (Å²) in [4.78, 5) is 29.8. The number of non-ortho nitro benzene ring substituents is 1. The van der Waals surface area contributed by atoms with Crippen molar-refractivity contribution in [2.45, 2.75) is 0 Å². The molecule has 11 heteroatoms. The summed E-state index contributed by atoms with van der Waals surface area (Å²) in [6, 6.07) is 4.12. The number of hydrogen-bond acceptors (Lipinski definition) is 6. The quantitative estimate of drug-likeness (QED) is 0.233. The second kappa shape index (κ2) is 9.46. The van der Waals surface area contributed by atoms with Crippen molar-refractivity contribution in [3.8, 4) is 5.75 Å². The largest absolute Gasteiger partial charge is 1.00 e. The number of nitrogens with zero attached hydrogens (tertiary/aromatic N) is 1. The first-order valence-electron chi connectivity index (χ1n) is 3.34. The Morgan fingerprint density at radius 2 is 1.53 bits per heavy atom. The van der Waals surface area contributed by atoms with Gasteiger partial charge in [0.2, 0.25) is 0 Å². The Bertz CT molecular complexity index is 392. The maximum absolute atomic E-state index is 10.2. The van der Waals surface area contributed by atoms with E-state index in [2.05, 4.69) is 4.52 Å². The van der Waals surface area contributed by atoms with Crippen molar-refractivity contribution < 1.29 is 88.4 Å². The van der Waals surface area contributed by atoms with Crippen molar-refractivity contribution in [1.82, 2.24) is 0 Å². The molecule has 0 radical (unpaired) electrons. The molecule has 0 atom stereocenters. The van der Waals surface area contributed by atoms with Crippen molar-refractivity contribution in [3.63, 3.8) is 0 Å². The Labute approximate surface area is 141 Å². The first kappa shape index (κ1) is 22.7. The summed E-state index contributed by atoms with van der Waals surface area (Å²) < 4.78 is 14.1. The Balaban J connectivity index is -0.000000653. The van der Waals surface area contributed by atoms with Gasteiger partial charge in [0.05, 0.1) is 4.92 Å². The SMILES string of the molecule is O.O=[N+]([O-])c1ccc(OP(=O)([O-])[O-])cc1.[Na+].[Na+]. The monoisotopic (exact) mass is 281 g/mol. The van der Waals surface area contributed by atoms with Gasteiger partial charge in [-0.25, -0.2) is 0 Å². The van der Waals surface area contributed by atoms with Crippen LogP contribution in [0.15, 0.2) is 24.3 Å². The van der Waals surface area contributed by atoms with Gasteiger partial charge in [0.1, 0.15) is 13.6 Å². The minimum atomic E-state index is -5.10. The van der Waals surface area contributed by atoms with Crippen molar-refractivity contribution in [2.75, 3.05) is 0 Å². The van der Waals surface area contributed by atoms with Crippen LogP contribution < -0.4 is 73.4 Å². The third-order valence-corrected chi connectivity index (χ3v) is 1.70. The molecule has 0 heterocycles. The number of hydrogen-bond donors (Lipinski definition) is 0. The molecular formula is C6H6NNa2O7P. The van der Waals surface area contributed by atoms with Gasteiger partial charge in [-0.2, -0.15) is 0 Å². The summed E-state index contributed by atoms with van der Waals surface area (Å²) in [6.45, 7) is 0. The van der Waals surface area contributed by atoms with Crippen LogP contribution >= 0.6 is 7.82 Å². The Morgan fingerprint density at radius 1 is 1.12 bits per heavy atom. The molecule has 1 rings (SSSR count). The number of nitro groups is 1. The summed E-state index contributed by atoms with van der Waals surface area (Å²) in [5.41, 5.74) is -0.219. The van der Waals surface area contributed by atoms with Gasteiger partial charge in [-0.15, -0.1) is 0 Å². The van der Waals surface area contributed by atoms with Gasteiger partial charge in [-0.05, 0) is 12.1 Å². The summed E-state index contributed by atoms with van der Waals surface area (Å²) in [5, 5.41) is 10.2. The Kier molecular flexibility index (Phi) is 12.6. The number of nitro benzene ring substituents is 1. The van der Waals surface area contributed by atoms with Crippen LogP contribution in [0, 0.1) is 10.1 Å². The molecule has 0 bridgehead atoms. The van der Waals surface area contributed by atoms with Crippen LogP contribution in [0.1, 0.15) is 0 Å². The number of phosphoric ester groups is 1. The molecule has 1 aromatic carbocycles. The Hall–Kier alpha value is 0.530. The fraction of sp³-hybridized carbons (Fsp3) is 0. The van der Waals surface area contributed by atoms with Gasteiger partial charge >= 0.3 is 59.1 Å². The zero-order valence-corrected chi connectivity index (χ0v) is 14.0. The van der Waals surface area contributed by atoms with Gasteiger partial charge in [0, 0.05) is 12.1 Å². The molecule has 0 saturated carbocycles. The van der Waals surface area contributed by atoms with Crippen LogP contribution in [0.5, 0.6) is 5.75 Å². The minimum Gasteiger partial charge on any atom is -0.780 e. The zero-order valence-electron chi connectivity index (χ0n) is 9.15. The molecule has 2 N–H and O–H groups in total. The normalized spacial score (nSPS) is 9.06. The molecule has 0 unspecified atom stereocenters. The summed E-state index contributed by atoms with van der Waals surface area (Å²) >= 11 is 0. The molecule has 0 aliphatic heterocycles. The molecule has 0 fully saturated rings. The van der Waals surface area contributed by atoms with E-state index < -0.39 is 12.7 Å². The molecule has 1 aromatic rings. The van der Waals surface area contributed by atoms with Crippen LogP contribution in [-0.2, 0) is 4.57 Å². The van der Waals surface area contributed by atoms with Crippen molar-refractivity contribution in [3.05, 3.63) is 34.4 Å². The van der Waals surface area contributed by atoms with Crippen molar-refractivity contribution in [2.24, 2.45) is 0 Å². The predicted octanol–water partition coefficient (Wildman–Crippen LogP) is -7.01. The fourth-order valence-electron chi connectivity index (χ4n) is 0.758. The van der Waals surface area contributed by atoms with Gasteiger partial charge < -0.3 is 24.4 Å². The zero-order chi connectivity index (χ0) is 10.8. The first-order valence-corrected chi connectivity index (χ1v) is 4.81. The Morgan fingerprint density at radius 3 is 1.82 bits per heavy atom. The van der Waals surface area contributed by atoms with Crippen LogP contribution in [0.25, 0.3) is 0 Å². The van der Waals surface area contributed by atoms with Crippen LogP contribution in [-0.4, -0.2) is 10.4 Å². The van der Waals surface area contributed by atoms with Crippen LogP contribution in [0.4, 0.5) is 5.69 Å². The number of phosphoric acid groups is 1. The average molecular weight is 281 g/mol. The van der Waals surface area contributed by atoms with Gasteiger partial charge in [-0.1, -0.05) is 0 Å². The fourth-order valence-corrected chi connectivity index (χ4v) is 1.14. The van der Waals surface area contributed by atoms with E-state index in [4.69, 9.17) is 0 Å². The van der Waals surface area contributed by atoms with Crippen molar-refractivity contribution >= 4 is 13.5 Å². The molecule has 0 spiro atoms. The molecule has 0 aliphatic carbocycles. The number of rotatable bonds is 3. The van der Waals surface area contributed by atoms with Crippen molar-refractivity contribution in [1.29, 1.82) is 0 Å². The van der Waals surface area contributed by atoms with E-state index in [-0.39, 0.29) is 76.0 Å². The van der Waals surface area contributed by atoms with Crippen LogP contribution in [0.3, 0.4) is 0 Å². The van der Waals surface area contributed by atoms with Gasteiger partial charge in [0.15, 0.2) is 0 Å². The second-order valence-electron chi connectivity index (χ2n) is 2.29. The smallest absolute Gasteiger partial charge is 0.780 e. The van der Waals surface area contributed by atoms with Gasteiger partial charge in [-0.3, -0.25) is 10.1 Å². The molecule has 0 amide bonds. The van der Waals surface area contributed by atoms with E-state index in [0.717, 1.165) is 24.3 Å². The first-order chi connectivity index (χ1) is 6.38. The van der Waals surface area contributed by atoms with E-state index in [1.807, 2.05) is 0 Å². The van der Waals surface area contributed by atoms with E-state index >= 15 is 0 Å². The third-order valence-electron chi connectivity index (χ3n) is 1.26. The molecule has 8 nitrogen and oxygen atoms in total. The van der Waals surface area contributed by atoms with Crippen LogP contribution in [0.2, 0.25) is 0 Å². The molecule has 0 aromatic heterocycles. The standard InChI is InChI=1S/C6H6NO6P.2Na.H2O/c8-7(9)5-1-3-6(4-2-5)13-14(10,11)12;;;/h1-4H,(H2,10,11,12);;;1H2/q;2*+1;/p-2. The summed E-state index contributed by atoms with van der Waals surface area (Å²) in [7, 11) is -5.10. The molecule has 84 valence electrons. The van der Waals surface area contributed by atoms with Gasteiger partial charge in [0.25, 0.3) is 5.69 Å². The summed E-state index contributed by atoms with van der Waals surface area (Å²) in [5.74, 6) is -0.246. The molecule has 17 heavy (non-hydrogen) atoms. The summed E-state index contributed by atoms with van der Waals surface area (Å²) in [6.07, 6.45) is 0. The van der Waals surface area contributed by atoms with E-state index in [0.29, 0.717) is 0 Å². The third kappa shape index (κ3) is 9.15. The maximum Gasteiger partial charge on any atom is 1.00 e. The molecule has 0 saturated heterocycles. The number of benzene rings is 1. The topological polar surface area (TPSA) is 147 Å². The minimum absolute atomic E-state index is 0.